The van der Waals surface area contributed by atoms with Crippen LogP contribution in [0.4, 0.5) is 10.6 Å². The molecule has 2 aliphatic rings. The van der Waals surface area contributed by atoms with Gasteiger partial charge in [0.15, 0.2) is 0 Å². The number of aromatic nitrogens is 1. The molecule has 2 aromatic rings. The number of rotatable bonds is 3. The molecule has 0 unspecified atom stereocenters. The van der Waals surface area contributed by atoms with Crippen molar-refractivity contribution in [2.24, 2.45) is 0 Å². The van der Waals surface area contributed by atoms with E-state index in [2.05, 4.69) is 4.98 Å². The van der Waals surface area contributed by atoms with Crippen LogP contribution in [0.15, 0.2) is 48.7 Å². The minimum absolute atomic E-state index is 0.271. The first kappa shape index (κ1) is 15.8. The Balaban J connectivity index is 1.71. The van der Waals surface area contributed by atoms with Crippen molar-refractivity contribution < 1.29 is 9.59 Å². The van der Waals surface area contributed by atoms with Gasteiger partial charge in [-0.3, -0.25) is 4.79 Å². The van der Waals surface area contributed by atoms with Gasteiger partial charge in [-0.2, -0.15) is 0 Å². The molecular formula is C20H21N3O2. The second kappa shape index (κ2) is 6.67. The molecule has 25 heavy (non-hydrogen) atoms. The van der Waals surface area contributed by atoms with Gasteiger partial charge in [-0.25, -0.2) is 14.7 Å². The van der Waals surface area contributed by atoms with E-state index in [0.29, 0.717) is 30.4 Å². The number of anilines is 1. The maximum atomic E-state index is 13.1. The summed E-state index contributed by atoms with van der Waals surface area (Å²) < 4.78 is 0. The summed E-state index contributed by atoms with van der Waals surface area (Å²) in [6, 6.07) is 12.5. The summed E-state index contributed by atoms with van der Waals surface area (Å²) in [4.78, 5) is 33.5. The Labute approximate surface area is 147 Å². The summed E-state index contributed by atoms with van der Waals surface area (Å²) in [6.07, 6.45) is 5.99. The third-order valence-electron chi connectivity index (χ3n) is 4.84. The molecule has 1 aromatic carbocycles. The number of urea groups is 1. The zero-order valence-electron chi connectivity index (χ0n) is 14.1. The molecule has 5 nitrogen and oxygen atoms in total. The molecule has 1 aliphatic carbocycles. The van der Waals surface area contributed by atoms with E-state index in [1.54, 1.807) is 35.4 Å². The Morgan fingerprint density at radius 2 is 1.76 bits per heavy atom. The van der Waals surface area contributed by atoms with E-state index in [1.807, 2.05) is 18.2 Å². The molecule has 0 radical (unpaired) electrons. The minimum Gasteiger partial charge on any atom is -0.324 e. The van der Waals surface area contributed by atoms with Crippen LogP contribution in [-0.2, 0) is 0 Å². The van der Waals surface area contributed by atoms with Crippen LogP contribution in [0.3, 0.4) is 0 Å². The normalized spacial score (nSPS) is 16.7. The number of carbonyl (C=O) groups is 2. The van der Waals surface area contributed by atoms with Crippen molar-refractivity contribution in [3.63, 3.8) is 0 Å². The molecule has 1 aromatic heterocycles. The van der Waals surface area contributed by atoms with Gasteiger partial charge in [-0.15, -0.1) is 0 Å². The predicted octanol–water partition coefficient (Wildman–Crippen LogP) is 3.82. The number of likely N-dealkylation sites (tertiary alicyclic amines) is 1. The summed E-state index contributed by atoms with van der Waals surface area (Å²) >= 11 is 0. The van der Waals surface area contributed by atoms with Crippen LogP contribution in [0.2, 0.25) is 0 Å². The van der Waals surface area contributed by atoms with Crippen molar-refractivity contribution in [3.05, 3.63) is 59.8 Å². The number of pyridine rings is 1. The van der Waals surface area contributed by atoms with Gasteiger partial charge in [0, 0.05) is 24.8 Å². The van der Waals surface area contributed by atoms with Crippen molar-refractivity contribution in [2.45, 2.75) is 31.6 Å². The quantitative estimate of drug-likeness (QED) is 0.857. The molecule has 128 valence electrons. The zero-order valence-corrected chi connectivity index (χ0v) is 14.1. The SMILES string of the molecule is O=C(c1ccccc1)N(C(=O)N1CCCC1)c1cc(C2CC2)ccn1. The van der Waals surface area contributed by atoms with Crippen LogP contribution >= 0.6 is 0 Å². The molecule has 4 rings (SSSR count). The number of hydrogen-bond donors (Lipinski definition) is 0. The highest BCUT2D eigenvalue weighted by Crippen LogP contribution is 2.40. The molecular weight excluding hydrogens is 314 g/mol. The average molecular weight is 335 g/mol. The number of imide groups is 1. The number of amides is 3. The molecule has 1 aliphatic heterocycles. The van der Waals surface area contributed by atoms with E-state index >= 15 is 0 Å². The van der Waals surface area contributed by atoms with Gasteiger partial charge in [0.05, 0.1) is 0 Å². The predicted molar refractivity (Wildman–Crippen MR) is 95.7 cm³/mol. The first-order valence-corrected chi connectivity index (χ1v) is 8.88. The zero-order chi connectivity index (χ0) is 17.2. The Hall–Kier alpha value is -2.69. The summed E-state index contributed by atoms with van der Waals surface area (Å²) in [6.45, 7) is 1.39. The second-order valence-electron chi connectivity index (χ2n) is 6.70. The van der Waals surface area contributed by atoms with E-state index in [4.69, 9.17) is 0 Å². The number of hydrogen-bond acceptors (Lipinski definition) is 3. The Bertz CT molecular complexity index is 781. The van der Waals surface area contributed by atoms with Crippen LogP contribution in [-0.4, -0.2) is 34.9 Å². The van der Waals surface area contributed by atoms with Crippen molar-refractivity contribution in [3.8, 4) is 0 Å². The molecule has 0 spiro atoms. The summed E-state index contributed by atoms with van der Waals surface area (Å²) in [5, 5.41) is 0. The molecule has 0 atom stereocenters. The molecule has 0 bridgehead atoms. The highest BCUT2D eigenvalue weighted by molar-refractivity contribution is 6.20. The van der Waals surface area contributed by atoms with Gasteiger partial charge in [-0.1, -0.05) is 18.2 Å². The van der Waals surface area contributed by atoms with Gasteiger partial charge in [0.25, 0.3) is 5.91 Å². The number of nitrogens with zero attached hydrogens (tertiary/aromatic N) is 3. The van der Waals surface area contributed by atoms with Crippen molar-refractivity contribution in [2.75, 3.05) is 18.0 Å². The van der Waals surface area contributed by atoms with E-state index in [9.17, 15) is 9.59 Å². The standard InChI is InChI=1S/C20H21N3O2/c24-19(16-6-2-1-3-7-16)23(20(25)22-12-4-5-13-22)18-14-17(10-11-21-18)15-8-9-15/h1-3,6-7,10-11,14-15H,4-5,8-9,12-13H2. The molecule has 0 N–H and O–H groups in total. The fraction of sp³-hybridized carbons (Fsp3) is 0.350. The van der Waals surface area contributed by atoms with Gasteiger partial charge in [0.1, 0.15) is 5.82 Å². The lowest BCUT2D eigenvalue weighted by molar-refractivity contribution is 0.0986. The average Bonchev–Trinajstić information content (AvgIpc) is 3.37. The molecule has 2 fully saturated rings. The topological polar surface area (TPSA) is 53.5 Å². The Kier molecular flexibility index (Phi) is 4.22. The maximum absolute atomic E-state index is 13.1. The van der Waals surface area contributed by atoms with Gasteiger partial charge in [0.2, 0.25) is 0 Å². The molecule has 3 amide bonds. The third-order valence-corrected chi connectivity index (χ3v) is 4.84. The smallest absolute Gasteiger partial charge is 0.324 e. The van der Waals surface area contributed by atoms with E-state index in [-0.39, 0.29) is 11.9 Å². The monoisotopic (exact) mass is 335 g/mol. The highest BCUT2D eigenvalue weighted by atomic mass is 16.2. The first-order valence-electron chi connectivity index (χ1n) is 8.88. The fourth-order valence-electron chi connectivity index (χ4n) is 3.28. The van der Waals surface area contributed by atoms with E-state index < -0.39 is 0 Å². The summed E-state index contributed by atoms with van der Waals surface area (Å²) in [5.41, 5.74) is 1.65. The Morgan fingerprint density at radius 1 is 1.04 bits per heavy atom. The summed E-state index contributed by atoms with van der Waals surface area (Å²) in [5.74, 6) is 0.644. The molecule has 2 heterocycles. The lowest BCUT2D eigenvalue weighted by Crippen LogP contribution is -2.46. The molecule has 1 saturated carbocycles. The lowest BCUT2D eigenvalue weighted by atomic mass is 10.1. The largest absolute Gasteiger partial charge is 0.332 e. The van der Waals surface area contributed by atoms with Crippen LogP contribution < -0.4 is 4.90 Å². The van der Waals surface area contributed by atoms with Crippen molar-refractivity contribution in [1.29, 1.82) is 0 Å². The van der Waals surface area contributed by atoms with E-state index in [1.165, 1.54) is 4.90 Å². The van der Waals surface area contributed by atoms with Gasteiger partial charge >= 0.3 is 6.03 Å². The van der Waals surface area contributed by atoms with Crippen LogP contribution in [0.5, 0.6) is 0 Å². The molecule has 5 heteroatoms. The number of carbonyl (C=O) groups excluding carboxylic acids is 2. The fourth-order valence-corrected chi connectivity index (χ4v) is 3.28. The highest BCUT2D eigenvalue weighted by Gasteiger charge is 2.32. The lowest BCUT2D eigenvalue weighted by Gasteiger charge is -2.26. The number of benzene rings is 1. The van der Waals surface area contributed by atoms with Crippen LogP contribution in [0.1, 0.15) is 47.5 Å². The van der Waals surface area contributed by atoms with E-state index in [0.717, 1.165) is 31.2 Å². The first-order chi connectivity index (χ1) is 12.2. The maximum Gasteiger partial charge on any atom is 0.332 e. The van der Waals surface area contributed by atoms with Crippen molar-refractivity contribution >= 4 is 17.8 Å². The Morgan fingerprint density at radius 3 is 2.44 bits per heavy atom. The third kappa shape index (κ3) is 3.27. The minimum atomic E-state index is -0.321. The van der Waals surface area contributed by atoms with Gasteiger partial charge < -0.3 is 4.90 Å². The second-order valence-corrected chi connectivity index (χ2v) is 6.70. The molecule has 1 saturated heterocycles. The van der Waals surface area contributed by atoms with Gasteiger partial charge in [-0.05, 0) is 61.4 Å². The van der Waals surface area contributed by atoms with Crippen LogP contribution in [0, 0.1) is 0 Å². The van der Waals surface area contributed by atoms with Crippen molar-refractivity contribution in [1.82, 2.24) is 9.88 Å². The van der Waals surface area contributed by atoms with Crippen LogP contribution in [0.25, 0.3) is 0 Å². The summed E-state index contributed by atoms with van der Waals surface area (Å²) in [7, 11) is 0.